The Labute approximate surface area is 205 Å². The minimum atomic E-state index is -0.303. The van der Waals surface area contributed by atoms with Gasteiger partial charge in [-0.05, 0) is 68.5 Å². The zero-order chi connectivity index (χ0) is 23.9. The highest BCUT2D eigenvalue weighted by molar-refractivity contribution is 7.19. The number of hydrogen-bond donors (Lipinski definition) is 2. The fraction of sp³-hybridized carbons (Fsp3) is 0.444. The van der Waals surface area contributed by atoms with Gasteiger partial charge in [0.2, 0.25) is 0 Å². The highest BCUT2D eigenvalue weighted by Crippen LogP contribution is 2.42. The Balaban J connectivity index is 1.47. The number of carbonyl (C=O) groups excluding carboxylic acids is 2. The van der Waals surface area contributed by atoms with Crippen molar-refractivity contribution in [3.05, 3.63) is 58.6 Å². The van der Waals surface area contributed by atoms with Crippen molar-refractivity contribution >= 4 is 39.1 Å². The van der Waals surface area contributed by atoms with Gasteiger partial charge in [-0.3, -0.25) is 9.59 Å². The van der Waals surface area contributed by atoms with Gasteiger partial charge in [0.1, 0.15) is 4.83 Å². The number of thiophene rings is 1. The molecule has 1 aliphatic carbocycles. The van der Waals surface area contributed by atoms with Gasteiger partial charge in [-0.25, -0.2) is 4.98 Å². The van der Waals surface area contributed by atoms with Crippen LogP contribution in [-0.2, 0) is 9.53 Å². The number of fused-ring (bicyclic) bond motifs is 1. The lowest BCUT2D eigenvalue weighted by atomic mass is 9.82. The molecule has 1 atom stereocenters. The SMILES string of the molecule is CCOC(=O)CCNC(=O)c1ccc(NC(c2sc3ncccc3c2C)C2CCCCC2)cc1. The first-order valence-corrected chi connectivity index (χ1v) is 13.0. The summed E-state index contributed by atoms with van der Waals surface area (Å²) in [5.74, 6) is 0.0836. The number of nitrogens with one attached hydrogen (secondary N) is 2. The van der Waals surface area contributed by atoms with Gasteiger partial charge < -0.3 is 15.4 Å². The number of ether oxygens (including phenoxy) is 1. The first-order valence-electron chi connectivity index (χ1n) is 12.2. The van der Waals surface area contributed by atoms with Crippen molar-refractivity contribution in [3.8, 4) is 0 Å². The maximum absolute atomic E-state index is 12.4. The number of hydrogen-bond acceptors (Lipinski definition) is 6. The van der Waals surface area contributed by atoms with Crippen LogP contribution in [0.1, 0.15) is 72.3 Å². The van der Waals surface area contributed by atoms with E-state index in [9.17, 15) is 9.59 Å². The smallest absolute Gasteiger partial charge is 0.307 e. The average molecular weight is 480 g/mol. The van der Waals surface area contributed by atoms with Crippen molar-refractivity contribution < 1.29 is 14.3 Å². The molecule has 0 bridgehead atoms. The van der Waals surface area contributed by atoms with Crippen LogP contribution >= 0.6 is 11.3 Å². The maximum atomic E-state index is 12.4. The molecule has 4 rings (SSSR count). The van der Waals surface area contributed by atoms with Crippen molar-refractivity contribution in [1.29, 1.82) is 0 Å². The van der Waals surface area contributed by atoms with E-state index in [2.05, 4.69) is 28.6 Å². The second-order valence-corrected chi connectivity index (χ2v) is 9.89. The van der Waals surface area contributed by atoms with Crippen molar-refractivity contribution in [2.45, 2.75) is 58.4 Å². The van der Waals surface area contributed by atoms with Crippen LogP contribution in [0.5, 0.6) is 0 Å². The van der Waals surface area contributed by atoms with Gasteiger partial charge in [-0.2, -0.15) is 0 Å². The van der Waals surface area contributed by atoms with Gasteiger partial charge in [-0.15, -0.1) is 11.3 Å². The molecule has 1 fully saturated rings. The molecule has 1 aliphatic rings. The minimum Gasteiger partial charge on any atom is -0.466 e. The molecule has 0 aliphatic heterocycles. The third kappa shape index (κ3) is 5.76. The molecule has 0 spiro atoms. The van der Waals surface area contributed by atoms with Gasteiger partial charge in [-0.1, -0.05) is 25.3 Å². The summed E-state index contributed by atoms with van der Waals surface area (Å²) in [5.41, 5.74) is 2.89. The monoisotopic (exact) mass is 479 g/mol. The average Bonchev–Trinajstić information content (AvgIpc) is 3.20. The normalized spacial score (nSPS) is 15.1. The molecule has 1 unspecified atom stereocenters. The summed E-state index contributed by atoms with van der Waals surface area (Å²) < 4.78 is 4.89. The van der Waals surface area contributed by atoms with E-state index in [1.807, 2.05) is 36.5 Å². The number of carbonyl (C=O) groups is 2. The number of aromatic nitrogens is 1. The summed E-state index contributed by atoms with van der Waals surface area (Å²) in [6.45, 7) is 4.59. The molecule has 34 heavy (non-hydrogen) atoms. The Hall–Kier alpha value is -2.93. The number of anilines is 1. The van der Waals surface area contributed by atoms with E-state index in [1.165, 1.54) is 47.9 Å². The van der Waals surface area contributed by atoms with E-state index < -0.39 is 0 Å². The number of rotatable bonds is 9. The summed E-state index contributed by atoms with van der Waals surface area (Å²) in [5, 5.41) is 7.81. The first kappa shape index (κ1) is 24.2. The lowest BCUT2D eigenvalue weighted by Crippen LogP contribution is -2.26. The van der Waals surface area contributed by atoms with E-state index in [4.69, 9.17) is 4.74 Å². The Morgan fingerprint density at radius 2 is 1.91 bits per heavy atom. The molecule has 1 aromatic carbocycles. The second kappa shape index (κ2) is 11.5. The summed E-state index contributed by atoms with van der Waals surface area (Å²) in [6.07, 6.45) is 8.34. The van der Waals surface area contributed by atoms with Crippen LogP contribution in [0.25, 0.3) is 10.2 Å². The Morgan fingerprint density at radius 1 is 1.15 bits per heavy atom. The van der Waals surface area contributed by atoms with Crippen LogP contribution < -0.4 is 10.6 Å². The molecule has 2 heterocycles. The predicted octanol–water partition coefficient (Wildman–Crippen LogP) is 6.02. The van der Waals surface area contributed by atoms with E-state index in [0.29, 0.717) is 18.1 Å². The third-order valence-corrected chi connectivity index (χ3v) is 7.84. The minimum absolute atomic E-state index is 0.172. The molecule has 2 aromatic heterocycles. The second-order valence-electron chi connectivity index (χ2n) is 8.86. The van der Waals surface area contributed by atoms with E-state index in [1.54, 1.807) is 18.3 Å². The molecule has 2 N–H and O–H groups in total. The zero-order valence-corrected chi connectivity index (χ0v) is 20.7. The summed E-state index contributed by atoms with van der Waals surface area (Å²) >= 11 is 1.79. The third-order valence-electron chi connectivity index (χ3n) is 6.54. The number of pyridine rings is 1. The zero-order valence-electron chi connectivity index (χ0n) is 19.9. The molecule has 180 valence electrons. The van der Waals surface area contributed by atoms with Crippen LogP contribution in [0.3, 0.4) is 0 Å². The van der Waals surface area contributed by atoms with Gasteiger partial charge in [0.15, 0.2) is 0 Å². The number of nitrogens with zero attached hydrogens (tertiary/aromatic N) is 1. The fourth-order valence-electron chi connectivity index (χ4n) is 4.74. The molecular formula is C27H33N3O3S. The highest BCUT2D eigenvalue weighted by atomic mass is 32.1. The van der Waals surface area contributed by atoms with Crippen LogP contribution in [0.2, 0.25) is 0 Å². The van der Waals surface area contributed by atoms with Gasteiger partial charge in [0.25, 0.3) is 5.91 Å². The molecular weight excluding hydrogens is 446 g/mol. The number of amides is 1. The highest BCUT2D eigenvalue weighted by Gasteiger charge is 2.28. The molecule has 6 nitrogen and oxygen atoms in total. The Bertz CT molecular complexity index is 1120. The number of esters is 1. The largest absolute Gasteiger partial charge is 0.466 e. The molecule has 1 amide bonds. The summed E-state index contributed by atoms with van der Waals surface area (Å²) in [7, 11) is 0. The molecule has 1 saturated carbocycles. The quantitative estimate of drug-likeness (QED) is 0.367. The maximum Gasteiger partial charge on any atom is 0.307 e. The molecule has 3 aromatic rings. The van der Waals surface area contributed by atoms with Crippen molar-refractivity contribution in [2.75, 3.05) is 18.5 Å². The topological polar surface area (TPSA) is 80.3 Å². The predicted molar refractivity (Wildman–Crippen MR) is 137 cm³/mol. The van der Waals surface area contributed by atoms with Gasteiger partial charge in [0.05, 0.1) is 19.1 Å². The molecule has 0 radical (unpaired) electrons. The van der Waals surface area contributed by atoms with Gasteiger partial charge >= 0.3 is 5.97 Å². The van der Waals surface area contributed by atoms with Crippen molar-refractivity contribution in [2.24, 2.45) is 5.92 Å². The fourth-order valence-corrected chi connectivity index (χ4v) is 6.04. The lowest BCUT2D eigenvalue weighted by molar-refractivity contribution is -0.142. The van der Waals surface area contributed by atoms with E-state index in [0.717, 1.165) is 10.5 Å². The van der Waals surface area contributed by atoms with Crippen LogP contribution in [0, 0.1) is 12.8 Å². The number of aryl methyl sites for hydroxylation is 1. The van der Waals surface area contributed by atoms with Crippen LogP contribution in [-0.4, -0.2) is 30.0 Å². The Kier molecular flexibility index (Phi) is 8.16. The first-order chi connectivity index (χ1) is 16.6. The van der Waals surface area contributed by atoms with Crippen LogP contribution in [0.4, 0.5) is 5.69 Å². The van der Waals surface area contributed by atoms with Crippen molar-refractivity contribution in [1.82, 2.24) is 10.3 Å². The summed E-state index contributed by atoms with van der Waals surface area (Å²) in [4.78, 5) is 30.9. The van der Waals surface area contributed by atoms with E-state index in [-0.39, 0.29) is 30.9 Å². The summed E-state index contributed by atoms with van der Waals surface area (Å²) in [6, 6.07) is 12.0. The number of benzene rings is 1. The lowest BCUT2D eigenvalue weighted by Gasteiger charge is -2.31. The molecule has 7 heteroatoms. The van der Waals surface area contributed by atoms with Crippen molar-refractivity contribution in [3.63, 3.8) is 0 Å². The standard InChI is InChI=1S/C27H33N3O3S/c1-3-33-23(31)15-17-28-26(32)20-11-13-21(14-12-20)30-24(19-8-5-4-6-9-19)25-18(2)22-10-7-16-29-27(22)34-25/h7,10-14,16,19,24,30H,3-6,8-9,15,17H2,1-2H3,(H,28,32). The van der Waals surface area contributed by atoms with Crippen LogP contribution in [0.15, 0.2) is 42.6 Å². The Morgan fingerprint density at radius 3 is 2.62 bits per heavy atom. The molecule has 0 saturated heterocycles. The van der Waals surface area contributed by atoms with Gasteiger partial charge in [0, 0.05) is 34.3 Å². The van der Waals surface area contributed by atoms with E-state index >= 15 is 0 Å².